The van der Waals surface area contributed by atoms with Gasteiger partial charge in [-0.3, -0.25) is 0 Å². The predicted octanol–water partition coefficient (Wildman–Crippen LogP) is 1.82. The van der Waals surface area contributed by atoms with Crippen LogP contribution >= 0.6 is 0 Å². The van der Waals surface area contributed by atoms with E-state index in [4.69, 9.17) is 0 Å². The number of pyridine rings is 1. The molecule has 1 aromatic heterocycles. The summed E-state index contributed by atoms with van der Waals surface area (Å²) >= 11 is 0. The van der Waals surface area contributed by atoms with Gasteiger partial charge in [0.1, 0.15) is 5.82 Å². The van der Waals surface area contributed by atoms with Crippen LogP contribution in [-0.2, 0) is 0 Å². The van der Waals surface area contributed by atoms with Gasteiger partial charge in [0.15, 0.2) is 0 Å². The summed E-state index contributed by atoms with van der Waals surface area (Å²) in [7, 11) is 2.00. The van der Waals surface area contributed by atoms with Crippen LogP contribution in [0.3, 0.4) is 0 Å². The average molecular weight is 207 g/mol. The molecule has 1 N–H and O–H groups in total. The van der Waals surface area contributed by atoms with E-state index in [1.165, 1.54) is 5.56 Å². The van der Waals surface area contributed by atoms with Crippen LogP contribution in [0.25, 0.3) is 0 Å². The molecule has 1 fully saturated rings. The van der Waals surface area contributed by atoms with Gasteiger partial charge in [0.25, 0.3) is 0 Å². The molecule has 0 amide bonds. The Kier molecular flexibility index (Phi) is 4.56. The molecular formula is C12H21N3. The molecule has 0 saturated carbocycles. The topological polar surface area (TPSA) is 28.2 Å². The standard InChI is InChI=1S/C10H15N3.C2H6/c1-8-3-4-10(12-5-8)13-6-9(7-13)11-2;1-2/h3-5,9,11H,6-7H2,1-2H3;1-2H3. The fourth-order valence-corrected chi connectivity index (χ4v) is 1.50. The zero-order valence-corrected chi connectivity index (χ0v) is 10.1. The minimum atomic E-state index is 0.642. The lowest BCUT2D eigenvalue weighted by atomic mass is 10.1. The number of aromatic nitrogens is 1. The second-order valence-corrected chi connectivity index (χ2v) is 3.58. The molecule has 1 saturated heterocycles. The molecular weight excluding hydrogens is 186 g/mol. The van der Waals surface area contributed by atoms with E-state index in [1.54, 1.807) is 0 Å². The van der Waals surface area contributed by atoms with Gasteiger partial charge >= 0.3 is 0 Å². The second-order valence-electron chi connectivity index (χ2n) is 3.58. The summed E-state index contributed by atoms with van der Waals surface area (Å²) in [6, 6.07) is 4.83. The van der Waals surface area contributed by atoms with Crippen LogP contribution in [0.4, 0.5) is 5.82 Å². The Morgan fingerprint density at radius 2 is 2.00 bits per heavy atom. The maximum absolute atomic E-state index is 4.37. The van der Waals surface area contributed by atoms with Crippen LogP contribution in [0, 0.1) is 6.92 Å². The van der Waals surface area contributed by atoms with Gasteiger partial charge in [0.2, 0.25) is 0 Å². The molecule has 84 valence electrons. The largest absolute Gasteiger partial charge is 0.353 e. The molecule has 3 heteroatoms. The molecule has 0 spiro atoms. The Balaban J connectivity index is 0.000000531. The smallest absolute Gasteiger partial charge is 0.128 e. The van der Waals surface area contributed by atoms with E-state index in [-0.39, 0.29) is 0 Å². The molecule has 0 aliphatic carbocycles. The summed E-state index contributed by atoms with van der Waals surface area (Å²) < 4.78 is 0. The van der Waals surface area contributed by atoms with Gasteiger partial charge in [-0.2, -0.15) is 0 Å². The predicted molar refractivity (Wildman–Crippen MR) is 65.4 cm³/mol. The van der Waals surface area contributed by atoms with Crippen molar-refractivity contribution in [2.45, 2.75) is 26.8 Å². The fourth-order valence-electron chi connectivity index (χ4n) is 1.50. The van der Waals surface area contributed by atoms with E-state index in [9.17, 15) is 0 Å². The number of likely N-dealkylation sites (N-methyl/N-ethyl adjacent to an activating group) is 1. The molecule has 2 heterocycles. The number of nitrogens with one attached hydrogen (secondary N) is 1. The summed E-state index contributed by atoms with van der Waals surface area (Å²) in [6.45, 7) is 8.21. The average Bonchev–Trinajstić information content (AvgIpc) is 2.22. The zero-order chi connectivity index (χ0) is 11.3. The first kappa shape index (κ1) is 12.0. The normalized spacial score (nSPS) is 15.3. The van der Waals surface area contributed by atoms with Crippen LogP contribution in [0.5, 0.6) is 0 Å². The quantitative estimate of drug-likeness (QED) is 0.802. The van der Waals surface area contributed by atoms with Gasteiger partial charge < -0.3 is 10.2 Å². The Morgan fingerprint density at radius 1 is 1.33 bits per heavy atom. The first-order valence-corrected chi connectivity index (χ1v) is 5.64. The third-order valence-corrected chi connectivity index (χ3v) is 2.51. The van der Waals surface area contributed by atoms with Crippen molar-refractivity contribution in [1.82, 2.24) is 10.3 Å². The summed E-state index contributed by atoms with van der Waals surface area (Å²) in [6.07, 6.45) is 1.92. The Bertz CT molecular complexity index is 275. The van der Waals surface area contributed by atoms with E-state index in [2.05, 4.69) is 34.3 Å². The lowest BCUT2D eigenvalue weighted by Crippen LogP contribution is -2.57. The Morgan fingerprint density at radius 3 is 2.47 bits per heavy atom. The van der Waals surface area contributed by atoms with Crippen molar-refractivity contribution in [2.24, 2.45) is 0 Å². The first-order valence-electron chi connectivity index (χ1n) is 5.64. The molecule has 1 aliphatic heterocycles. The highest BCUT2D eigenvalue weighted by molar-refractivity contribution is 5.42. The highest BCUT2D eigenvalue weighted by atomic mass is 15.3. The number of aryl methyl sites for hydroxylation is 1. The number of hydrogen-bond donors (Lipinski definition) is 1. The number of rotatable bonds is 2. The van der Waals surface area contributed by atoms with Crippen LogP contribution in [0.2, 0.25) is 0 Å². The third-order valence-electron chi connectivity index (χ3n) is 2.51. The van der Waals surface area contributed by atoms with Crippen molar-refractivity contribution in [2.75, 3.05) is 25.0 Å². The highest BCUT2D eigenvalue weighted by Gasteiger charge is 2.25. The number of hydrogen-bond acceptors (Lipinski definition) is 3. The first-order chi connectivity index (χ1) is 7.29. The van der Waals surface area contributed by atoms with E-state index in [0.717, 1.165) is 18.9 Å². The molecule has 0 unspecified atom stereocenters. The van der Waals surface area contributed by atoms with Crippen LogP contribution in [0.1, 0.15) is 19.4 Å². The maximum atomic E-state index is 4.37. The van der Waals surface area contributed by atoms with E-state index >= 15 is 0 Å². The summed E-state index contributed by atoms with van der Waals surface area (Å²) in [5.41, 5.74) is 1.22. The maximum Gasteiger partial charge on any atom is 0.128 e. The lowest BCUT2D eigenvalue weighted by Gasteiger charge is -2.39. The number of nitrogens with zero attached hydrogens (tertiary/aromatic N) is 2. The van der Waals surface area contributed by atoms with Crippen LogP contribution in [-0.4, -0.2) is 31.2 Å². The summed E-state index contributed by atoms with van der Waals surface area (Å²) in [4.78, 5) is 6.65. The van der Waals surface area contributed by atoms with E-state index in [1.807, 2.05) is 27.1 Å². The molecule has 0 aromatic carbocycles. The van der Waals surface area contributed by atoms with Crippen molar-refractivity contribution in [3.63, 3.8) is 0 Å². The van der Waals surface area contributed by atoms with Crippen molar-refractivity contribution in [3.05, 3.63) is 23.9 Å². The minimum Gasteiger partial charge on any atom is -0.353 e. The Hall–Kier alpha value is -1.09. The molecule has 0 atom stereocenters. The van der Waals surface area contributed by atoms with Gasteiger partial charge in [0.05, 0.1) is 0 Å². The fraction of sp³-hybridized carbons (Fsp3) is 0.583. The van der Waals surface area contributed by atoms with Gasteiger partial charge in [-0.05, 0) is 25.6 Å². The summed E-state index contributed by atoms with van der Waals surface area (Å²) in [5.74, 6) is 1.09. The molecule has 0 radical (unpaired) electrons. The number of anilines is 1. The van der Waals surface area contributed by atoms with Gasteiger partial charge in [-0.15, -0.1) is 0 Å². The molecule has 1 aromatic rings. The third kappa shape index (κ3) is 2.93. The zero-order valence-electron chi connectivity index (χ0n) is 10.1. The Labute approximate surface area is 92.5 Å². The summed E-state index contributed by atoms with van der Waals surface area (Å²) in [5, 5.41) is 3.24. The van der Waals surface area contributed by atoms with Crippen LogP contribution in [0.15, 0.2) is 18.3 Å². The van der Waals surface area contributed by atoms with E-state index < -0.39 is 0 Å². The molecule has 2 rings (SSSR count). The van der Waals surface area contributed by atoms with Crippen molar-refractivity contribution >= 4 is 5.82 Å². The second kappa shape index (κ2) is 5.71. The highest BCUT2D eigenvalue weighted by Crippen LogP contribution is 2.17. The van der Waals surface area contributed by atoms with Gasteiger partial charge in [-0.1, -0.05) is 19.9 Å². The van der Waals surface area contributed by atoms with Crippen molar-refractivity contribution in [3.8, 4) is 0 Å². The molecule has 1 aliphatic rings. The SMILES string of the molecule is CC.CNC1CN(c2ccc(C)cn2)C1. The molecule has 0 bridgehead atoms. The van der Waals surface area contributed by atoms with Gasteiger partial charge in [0, 0.05) is 25.3 Å². The minimum absolute atomic E-state index is 0.642. The van der Waals surface area contributed by atoms with E-state index in [0.29, 0.717) is 6.04 Å². The van der Waals surface area contributed by atoms with Crippen molar-refractivity contribution < 1.29 is 0 Å². The molecule has 3 nitrogen and oxygen atoms in total. The monoisotopic (exact) mass is 207 g/mol. The lowest BCUT2D eigenvalue weighted by molar-refractivity contribution is 0.447. The van der Waals surface area contributed by atoms with Crippen LogP contribution < -0.4 is 10.2 Å². The van der Waals surface area contributed by atoms with Crippen molar-refractivity contribution in [1.29, 1.82) is 0 Å². The molecule has 15 heavy (non-hydrogen) atoms. The van der Waals surface area contributed by atoms with Gasteiger partial charge in [-0.25, -0.2) is 4.98 Å².